The maximum atomic E-state index is 12.5. The van der Waals surface area contributed by atoms with E-state index in [4.69, 9.17) is 9.47 Å². The smallest absolute Gasteiger partial charge is 0.269 e. The molecule has 3 rings (SSSR count). The van der Waals surface area contributed by atoms with Crippen molar-refractivity contribution in [2.75, 3.05) is 17.3 Å². The van der Waals surface area contributed by atoms with Gasteiger partial charge < -0.3 is 19.7 Å². The fraction of sp³-hybridized carbons (Fsp3) is 0.263. The van der Waals surface area contributed by atoms with Crippen LogP contribution >= 0.6 is 0 Å². The first-order valence-electron chi connectivity index (χ1n) is 8.03. The van der Waals surface area contributed by atoms with Gasteiger partial charge in [-0.05, 0) is 43.3 Å². The summed E-state index contributed by atoms with van der Waals surface area (Å²) in [5.41, 5.74) is 1.38. The number of hydrogen-bond acceptors (Lipinski definition) is 4. The molecule has 1 N–H and O–H groups in total. The van der Waals surface area contributed by atoms with Crippen LogP contribution in [-0.4, -0.2) is 31.1 Å². The first-order valence-corrected chi connectivity index (χ1v) is 8.03. The monoisotopic (exact) mass is 340 g/mol. The number of anilines is 2. The highest BCUT2D eigenvalue weighted by Gasteiger charge is 2.34. The van der Waals surface area contributed by atoms with Crippen molar-refractivity contribution in [3.63, 3.8) is 0 Å². The van der Waals surface area contributed by atoms with Gasteiger partial charge in [-0.15, -0.1) is 0 Å². The first kappa shape index (κ1) is 16.8. The molecule has 2 aromatic carbocycles. The lowest BCUT2D eigenvalue weighted by Gasteiger charge is -2.31. The maximum absolute atomic E-state index is 12.5. The van der Waals surface area contributed by atoms with Gasteiger partial charge in [-0.3, -0.25) is 9.59 Å². The van der Waals surface area contributed by atoms with Crippen molar-refractivity contribution in [2.24, 2.45) is 0 Å². The Morgan fingerprint density at radius 1 is 1.00 bits per heavy atom. The molecule has 0 spiro atoms. The quantitative estimate of drug-likeness (QED) is 0.933. The predicted octanol–water partition coefficient (Wildman–Crippen LogP) is 2.84. The third-order valence-corrected chi connectivity index (χ3v) is 4.10. The fourth-order valence-electron chi connectivity index (χ4n) is 2.57. The van der Waals surface area contributed by atoms with Gasteiger partial charge in [0.05, 0.1) is 0 Å². The van der Waals surface area contributed by atoms with Gasteiger partial charge >= 0.3 is 0 Å². The number of nitrogens with one attached hydrogen (secondary N) is 1. The number of hydrogen-bond donors (Lipinski definition) is 1. The molecule has 25 heavy (non-hydrogen) atoms. The summed E-state index contributed by atoms with van der Waals surface area (Å²) in [5, 5.41) is 2.82. The van der Waals surface area contributed by atoms with Crippen LogP contribution in [0.5, 0.6) is 11.5 Å². The van der Waals surface area contributed by atoms with Gasteiger partial charge in [0, 0.05) is 25.3 Å². The Balaban J connectivity index is 1.69. The van der Waals surface area contributed by atoms with Crippen molar-refractivity contribution in [3.05, 3.63) is 48.5 Å². The number of nitrogens with zero attached hydrogens (tertiary/aromatic N) is 1. The summed E-state index contributed by atoms with van der Waals surface area (Å²) in [4.78, 5) is 25.4. The zero-order valence-corrected chi connectivity index (χ0v) is 14.4. The van der Waals surface area contributed by atoms with E-state index in [1.54, 1.807) is 44.3 Å². The molecule has 0 saturated heterocycles. The first-order chi connectivity index (χ1) is 12.0. The summed E-state index contributed by atoms with van der Waals surface area (Å²) in [6.07, 6.45) is -1.15. The normalized spacial score (nSPS) is 18.4. The molecule has 0 aliphatic carbocycles. The van der Waals surface area contributed by atoms with E-state index < -0.39 is 12.2 Å². The number of rotatable bonds is 3. The van der Waals surface area contributed by atoms with Crippen LogP contribution in [0.15, 0.2) is 48.5 Å². The van der Waals surface area contributed by atoms with E-state index in [0.717, 1.165) is 5.69 Å². The molecule has 1 heterocycles. The molecular formula is C19H20N2O4. The molecule has 6 heteroatoms. The zero-order valence-electron chi connectivity index (χ0n) is 14.4. The molecule has 130 valence electrons. The lowest BCUT2D eigenvalue weighted by molar-refractivity contribution is -0.128. The number of amides is 2. The molecule has 1 aliphatic heterocycles. The molecule has 2 amide bonds. The van der Waals surface area contributed by atoms with Gasteiger partial charge in [-0.25, -0.2) is 0 Å². The summed E-state index contributed by atoms with van der Waals surface area (Å²) in [6.45, 7) is 3.29. The fourth-order valence-corrected chi connectivity index (χ4v) is 2.57. The van der Waals surface area contributed by atoms with E-state index in [1.165, 1.54) is 11.8 Å². The summed E-state index contributed by atoms with van der Waals surface area (Å²) < 4.78 is 11.5. The highest BCUT2D eigenvalue weighted by atomic mass is 16.6. The average Bonchev–Trinajstić information content (AvgIpc) is 2.61. The van der Waals surface area contributed by atoms with Crippen LogP contribution < -0.4 is 19.7 Å². The van der Waals surface area contributed by atoms with Crippen LogP contribution in [0.4, 0.5) is 11.4 Å². The molecule has 6 nitrogen and oxygen atoms in total. The number of fused-ring (bicyclic) bond motifs is 1. The molecule has 0 bridgehead atoms. The Hall–Kier alpha value is -3.02. The molecule has 0 fully saturated rings. The summed E-state index contributed by atoms with van der Waals surface area (Å²) in [5.74, 6) is 0.849. The van der Waals surface area contributed by atoms with Crippen molar-refractivity contribution in [2.45, 2.75) is 26.1 Å². The van der Waals surface area contributed by atoms with E-state index in [9.17, 15) is 9.59 Å². The number of para-hydroxylation sites is 2. The van der Waals surface area contributed by atoms with E-state index in [1.807, 2.05) is 18.2 Å². The van der Waals surface area contributed by atoms with Crippen molar-refractivity contribution in [1.82, 2.24) is 0 Å². The molecule has 0 radical (unpaired) electrons. The van der Waals surface area contributed by atoms with E-state index in [2.05, 4.69) is 5.32 Å². The summed E-state index contributed by atoms with van der Waals surface area (Å²) >= 11 is 0. The van der Waals surface area contributed by atoms with Crippen LogP contribution in [0.3, 0.4) is 0 Å². The van der Waals surface area contributed by atoms with Crippen LogP contribution in [0.1, 0.15) is 13.8 Å². The largest absolute Gasteiger partial charge is 0.482 e. The molecule has 0 saturated carbocycles. The number of carbonyl (C=O) groups excluding carboxylic acids is 2. The highest BCUT2D eigenvalue weighted by molar-refractivity contribution is 5.96. The van der Waals surface area contributed by atoms with Crippen molar-refractivity contribution in [3.8, 4) is 11.5 Å². The second-order valence-electron chi connectivity index (χ2n) is 5.92. The van der Waals surface area contributed by atoms with Crippen molar-refractivity contribution < 1.29 is 19.1 Å². The van der Waals surface area contributed by atoms with E-state index in [0.29, 0.717) is 17.2 Å². The molecular weight excluding hydrogens is 320 g/mol. The SMILES string of the molecule is CC(=O)N(C)c1ccc(NC(=O)[C@@H]2Oc3ccccc3O[C@H]2C)cc1. The second-order valence-corrected chi connectivity index (χ2v) is 5.92. The van der Waals surface area contributed by atoms with Crippen molar-refractivity contribution >= 4 is 23.2 Å². The standard InChI is InChI=1S/C19H20N2O4/c1-12-18(25-17-7-5-4-6-16(17)24-12)19(23)20-14-8-10-15(11-9-14)21(3)13(2)22/h4-12,18H,1-3H3,(H,20,23)/t12-,18+/m0/s1. The zero-order chi connectivity index (χ0) is 18.0. The number of ether oxygens (including phenoxy) is 2. The minimum Gasteiger partial charge on any atom is -0.482 e. The third kappa shape index (κ3) is 3.57. The van der Waals surface area contributed by atoms with Gasteiger partial charge in [0.1, 0.15) is 6.10 Å². The van der Waals surface area contributed by atoms with Gasteiger partial charge in [0.15, 0.2) is 11.5 Å². The maximum Gasteiger partial charge on any atom is 0.269 e. The topological polar surface area (TPSA) is 67.9 Å². The lowest BCUT2D eigenvalue weighted by atomic mass is 10.1. The van der Waals surface area contributed by atoms with E-state index >= 15 is 0 Å². The predicted molar refractivity (Wildman–Crippen MR) is 95.1 cm³/mol. The lowest BCUT2D eigenvalue weighted by Crippen LogP contribution is -2.46. The Labute approximate surface area is 146 Å². The van der Waals surface area contributed by atoms with Crippen molar-refractivity contribution in [1.29, 1.82) is 0 Å². The number of carbonyl (C=O) groups is 2. The van der Waals surface area contributed by atoms with Crippen LogP contribution in [0.25, 0.3) is 0 Å². The second kappa shape index (κ2) is 6.84. The molecule has 2 aromatic rings. The average molecular weight is 340 g/mol. The van der Waals surface area contributed by atoms with Crippen LogP contribution in [0, 0.1) is 0 Å². The van der Waals surface area contributed by atoms with Crippen LogP contribution in [0.2, 0.25) is 0 Å². The Kier molecular flexibility index (Phi) is 4.61. The minimum absolute atomic E-state index is 0.0583. The molecule has 0 unspecified atom stereocenters. The van der Waals surface area contributed by atoms with Gasteiger partial charge in [-0.1, -0.05) is 12.1 Å². The Morgan fingerprint density at radius 2 is 1.60 bits per heavy atom. The third-order valence-electron chi connectivity index (χ3n) is 4.10. The van der Waals surface area contributed by atoms with Crippen LogP contribution in [-0.2, 0) is 9.59 Å². The van der Waals surface area contributed by atoms with Gasteiger partial charge in [0.2, 0.25) is 12.0 Å². The Morgan fingerprint density at radius 3 is 2.20 bits per heavy atom. The Bertz CT molecular complexity index is 788. The molecule has 2 atom stereocenters. The van der Waals surface area contributed by atoms with Gasteiger partial charge in [-0.2, -0.15) is 0 Å². The molecule has 0 aromatic heterocycles. The van der Waals surface area contributed by atoms with Gasteiger partial charge in [0.25, 0.3) is 5.91 Å². The van der Waals surface area contributed by atoms with E-state index in [-0.39, 0.29) is 11.8 Å². The minimum atomic E-state index is -0.741. The summed E-state index contributed by atoms with van der Waals surface area (Å²) in [7, 11) is 1.70. The summed E-state index contributed by atoms with van der Waals surface area (Å²) in [6, 6.07) is 14.3. The number of benzene rings is 2. The highest BCUT2D eigenvalue weighted by Crippen LogP contribution is 2.33. The molecule has 1 aliphatic rings.